The largest absolute Gasteiger partial charge is 0.391 e. The van der Waals surface area contributed by atoms with Crippen molar-refractivity contribution in [3.63, 3.8) is 0 Å². The predicted molar refractivity (Wildman–Crippen MR) is 31.5 cm³/mol. The molecule has 3 nitrogen and oxygen atoms in total. The maximum atomic E-state index is 9.01. The third kappa shape index (κ3) is 1.18. The van der Waals surface area contributed by atoms with Crippen LogP contribution in [0.4, 0.5) is 0 Å². The fourth-order valence-corrected chi connectivity index (χ4v) is 0.869. The maximum absolute atomic E-state index is 9.01. The predicted octanol–water partition coefficient (Wildman–Crippen LogP) is -1.33. The van der Waals surface area contributed by atoms with Crippen LogP contribution < -0.4 is 11.1 Å². The number of rotatable bonds is 0. The third-order valence-corrected chi connectivity index (χ3v) is 1.49. The van der Waals surface area contributed by atoms with Crippen LogP contribution in [0, 0.1) is 0 Å². The van der Waals surface area contributed by atoms with Gasteiger partial charge in [-0.15, -0.1) is 0 Å². The molecule has 2 atom stereocenters. The summed E-state index contributed by atoms with van der Waals surface area (Å²) >= 11 is 0. The smallest absolute Gasteiger partial charge is 0.0715 e. The van der Waals surface area contributed by atoms with Crippen molar-refractivity contribution in [3.05, 3.63) is 0 Å². The van der Waals surface area contributed by atoms with Crippen molar-refractivity contribution >= 4 is 0 Å². The van der Waals surface area contributed by atoms with E-state index in [0.717, 1.165) is 19.5 Å². The zero-order valence-corrected chi connectivity index (χ0v) is 4.80. The van der Waals surface area contributed by atoms with Crippen molar-refractivity contribution < 1.29 is 5.11 Å². The van der Waals surface area contributed by atoms with E-state index < -0.39 is 0 Å². The third-order valence-electron chi connectivity index (χ3n) is 1.49. The van der Waals surface area contributed by atoms with Gasteiger partial charge in [-0.05, 0) is 13.0 Å². The summed E-state index contributed by atoms with van der Waals surface area (Å²) in [4.78, 5) is 0. The van der Waals surface area contributed by atoms with Crippen molar-refractivity contribution in [2.75, 3.05) is 13.1 Å². The Hall–Kier alpha value is -0.120. The molecule has 8 heavy (non-hydrogen) atoms. The molecule has 48 valence electrons. The molecular weight excluding hydrogens is 104 g/mol. The summed E-state index contributed by atoms with van der Waals surface area (Å²) in [5.74, 6) is 0. The minimum atomic E-state index is -0.281. The Balaban J connectivity index is 2.28. The molecule has 0 aromatic heterocycles. The molecule has 0 unspecified atom stereocenters. The molecule has 4 N–H and O–H groups in total. The average Bonchev–Trinajstić information content (AvgIpc) is 1.77. The van der Waals surface area contributed by atoms with Crippen LogP contribution in [0.2, 0.25) is 0 Å². The molecule has 0 bridgehead atoms. The first-order valence-corrected chi connectivity index (χ1v) is 2.95. The molecule has 0 radical (unpaired) electrons. The van der Waals surface area contributed by atoms with E-state index in [1.165, 1.54) is 0 Å². The minimum Gasteiger partial charge on any atom is -0.391 e. The van der Waals surface area contributed by atoms with Gasteiger partial charge in [0.2, 0.25) is 0 Å². The van der Waals surface area contributed by atoms with Crippen molar-refractivity contribution in [2.24, 2.45) is 5.73 Å². The number of aliphatic hydroxyl groups is 1. The molecule has 1 aliphatic rings. The number of aliphatic hydroxyl groups excluding tert-OH is 1. The first-order valence-electron chi connectivity index (χ1n) is 2.95. The minimum absolute atomic E-state index is 0.0521. The molecule has 1 saturated heterocycles. The molecule has 3 heteroatoms. The molecule has 1 fully saturated rings. The summed E-state index contributed by atoms with van der Waals surface area (Å²) in [5.41, 5.74) is 5.47. The van der Waals surface area contributed by atoms with Gasteiger partial charge in [-0.1, -0.05) is 0 Å². The number of nitrogens with two attached hydrogens (primary N) is 1. The van der Waals surface area contributed by atoms with Crippen molar-refractivity contribution in [2.45, 2.75) is 18.6 Å². The van der Waals surface area contributed by atoms with Gasteiger partial charge in [0.15, 0.2) is 0 Å². The molecular formula is C5H12N2O. The lowest BCUT2D eigenvalue weighted by molar-refractivity contribution is 0.116. The van der Waals surface area contributed by atoms with E-state index in [4.69, 9.17) is 10.8 Å². The van der Waals surface area contributed by atoms with E-state index in [1.54, 1.807) is 0 Å². The Morgan fingerprint density at radius 1 is 1.62 bits per heavy atom. The SMILES string of the molecule is N[C@@H]1CNCC[C@@H]1O. The van der Waals surface area contributed by atoms with E-state index in [1.807, 2.05) is 0 Å². The average molecular weight is 116 g/mol. The van der Waals surface area contributed by atoms with Gasteiger partial charge in [0, 0.05) is 12.6 Å². The van der Waals surface area contributed by atoms with E-state index >= 15 is 0 Å². The summed E-state index contributed by atoms with van der Waals surface area (Å²) < 4.78 is 0. The van der Waals surface area contributed by atoms with Gasteiger partial charge in [-0.2, -0.15) is 0 Å². The van der Waals surface area contributed by atoms with Gasteiger partial charge < -0.3 is 16.2 Å². The molecule has 0 saturated carbocycles. The van der Waals surface area contributed by atoms with Crippen LogP contribution in [0.5, 0.6) is 0 Å². The van der Waals surface area contributed by atoms with Gasteiger partial charge in [-0.25, -0.2) is 0 Å². The number of hydrogen-bond acceptors (Lipinski definition) is 3. The summed E-state index contributed by atoms with van der Waals surface area (Å²) in [6.07, 6.45) is 0.512. The molecule has 0 aromatic rings. The van der Waals surface area contributed by atoms with Crippen LogP contribution in [0.25, 0.3) is 0 Å². The fourth-order valence-electron chi connectivity index (χ4n) is 0.869. The topological polar surface area (TPSA) is 58.3 Å². The summed E-state index contributed by atoms with van der Waals surface area (Å²) in [7, 11) is 0. The van der Waals surface area contributed by atoms with E-state index in [0.29, 0.717) is 0 Å². The van der Waals surface area contributed by atoms with Crippen LogP contribution in [0.15, 0.2) is 0 Å². The molecule has 0 aromatic carbocycles. The Bertz CT molecular complexity index is 66.8. The quantitative estimate of drug-likeness (QED) is 0.367. The summed E-state index contributed by atoms with van der Waals surface area (Å²) in [6.45, 7) is 1.65. The second-order valence-electron chi connectivity index (χ2n) is 2.22. The summed E-state index contributed by atoms with van der Waals surface area (Å²) in [5, 5.41) is 12.1. The molecule has 1 heterocycles. The normalized spacial score (nSPS) is 39.8. The second kappa shape index (κ2) is 2.44. The molecule has 0 amide bonds. The fraction of sp³-hybridized carbons (Fsp3) is 1.00. The zero-order valence-electron chi connectivity index (χ0n) is 4.80. The number of piperidine rings is 1. The van der Waals surface area contributed by atoms with Crippen molar-refractivity contribution in [1.29, 1.82) is 0 Å². The first kappa shape index (κ1) is 6.01. The molecule has 0 spiro atoms. The van der Waals surface area contributed by atoms with E-state index in [9.17, 15) is 0 Å². The Morgan fingerprint density at radius 3 is 2.75 bits per heavy atom. The Kier molecular flexibility index (Phi) is 1.83. The number of nitrogens with one attached hydrogen (secondary N) is 1. The summed E-state index contributed by atoms with van der Waals surface area (Å²) in [6, 6.07) is -0.0521. The molecule has 1 rings (SSSR count). The maximum Gasteiger partial charge on any atom is 0.0715 e. The van der Waals surface area contributed by atoms with Gasteiger partial charge in [0.1, 0.15) is 0 Å². The highest BCUT2D eigenvalue weighted by atomic mass is 16.3. The molecule has 1 aliphatic heterocycles. The Morgan fingerprint density at radius 2 is 2.38 bits per heavy atom. The van der Waals surface area contributed by atoms with E-state index in [-0.39, 0.29) is 12.1 Å². The van der Waals surface area contributed by atoms with E-state index in [2.05, 4.69) is 5.32 Å². The van der Waals surface area contributed by atoms with Crippen LogP contribution in [0.1, 0.15) is 6.42 Å². The van der Waals surface area contributed by atoms with Crippen LogP contribution >= 0.6 is 0 Å². The highest BCUT2D eigenvalue weighted by Gasteiger charge is 2.17. The van der Waals surface area contributed by atoms with Gasteiger partial charge in [-0.3, -0.25) is 0 Å². The van der Waals surface area contributed by atoms with Gasteiger partial charge in [0.25, 0.3) is 0 Å². The number of hydrogen-bond donors (Lipinski definition) is 3. The van der Waals surface area contributed by atoms with Crippen LogP contribution in [-0.2, 0) is 0 Å². The van der Waals surface area contributed by atoms with Crippen LogP contribution in [0.3, 0.4) is 0 Å². The van der Waals surface area contributed by atoms with Crippen LogP contribution in [-0.4, -0.2) is 30.3 Å². The lowest BCUT2D eigenvalue weighted by atomic mass is 10.1. The highest BCUT2D eigenvalue weighted by molar-refractivity contribution is 4.79. The van der Waals surface area contributed by atoms with Gasteiger partial charge in [0.05, 0.1) is 6.10 Å². The monoisotopic (exact) mass is 116 g/mol. The Labute approximate surface area is 48.9 Å². The lowest BCUT2D eigenvalue weighted by Gasteiger charge is -2.24. The van der Waals surface area contributed by atoms with Crippen molar-refractivity contribution in [1.82, 2.24) is 5.32 Å². The van der Waals surface area contributed by atoms with Crippen molar-refractivity contribution in [3.8, 4) is 0 Å². The lowest BCUT2D eigenvalue weighted by Crippen LogP contribution is -2.49. The first-order chi connectivity index (χ1) is 3.80. The van der Waals surface area contributed by atoms with Gasteiger partial charge >= 0.3 is 0 Å². The highest BCUT2D eigenvalue weighted by Crippen LogP contribution is 1.98. The molecule has 0 aliphatic carbocycles. The zero-order chi connectivity index (χ0) is 5.98. The standard InChI is InChI=1S/C5H12N2O/c6-4-3-7-2-1-5(4)8/h4-5,7-8H,1-3,6H2/t4-,5+/m1/s1. The second-order valence-corrected chi connectivity index (χ2v) is 2.22.